The molecule has 28 heavy (non-hydrogen) atoms. The number of hydrogen-bond donors (Lipinski definition) is 2. The molecule has 8 heteroatoms. The Kier molecular flexibility index (Phi) is 3.77. The third-order valence-electron chi connectivity index (χ3n) is 4.49. The van der Waals surface area contributed by atoms with Crippen LogP contribution in [0.15, 0.2) is 71.1 Å². The van der Waals surface area contributed by atoms with E-state index in [2.05, 4.69) is 20.6 Å². The zero-order valence-electron chi connectivity index (χ0n) is 14.4. The van der Waals surface area contributed by atoms with Crippen LogP contribution >= 0.6 is 11.3 Å². The summed E-state index contributed by atoms with van der Waals surface area (Å²) in [4.78, 5) is 30.7. The maximum absolute atomic E-state index is 13.0. The van der Waals surface area contributed by atoms with E-state index in [4.69, 9.17) is 0 Å². The van der Waals surface area contributed by atoms with Crippen LogP contribution in [0.3, 0.4) is 0 Å². The van der Waals surface area contributed by atoms with Crippen LogP contribution in [-0.4, -0.2) is 25.8 Å². The number of aromatic nitrogens is 4. The summed E-state index contributed by atoms with van der Waals surface area (Å²) in [7, 11) is 0. The van der Waals surface area contributed by atoms with Crippen molar-refractivity contribution in [1.82, 2.24) is 19.9 Å². The lowest BCUT2D eigenvalue weighted by Crippen LogP contribution is -2.33. The van der Waals surface area contributed by atoms with Crippen molar-refractivity contribution in [3.05, 3.63) is 82.4 Å². The van der Waals surface area contributed by atoms with E-state index in [9.17, 15) is 9.59 Å². The van der Waals surface area contributed by atoms with E-state index in [1.165, 1.54) is 17.7 Å². The van der Waals surface area contributed by atoms with Crippen molar-refractivity contribution in [2.45, 2.75) is 0 Å². The van der Waals surface area contributed by atoms with Crippen LogP contribution in [0.5, 0.6) is 0 Å². The molecule has 0 aliphatic rings. The largest absolute Gasteiger partial charge is 0.291 e. The molecule has 0 atom stereocenters. The fourth-order valence-corrected chi connectivity index (χ4v) is 4.05. The van der Waals surface area contributed by atoms with Crippen molar-refractivity contribution in [2.24, 2.45) is 0 Å². The molecule has 0 spiro atoms. The van der Waals surface area contributed by atoms with E-state index in [0.717, 1.165) is 21.3 Å². The number of thiophene rings is 1. The molecule has 0 saturated carbocycles. The molecule has 5 rings (SSSR count). The zero-order valence-corrected chi connectivity index (χ0v) is 15.2. The van der Waals surface area contributed by atoms with Crippen LogP contribution in [0.2, 0.25) is 0 Å². The van der Waals surface area contributed by atoms with Gasteiger partial charge in [0.05, 0.1) is 10.9 Å². The highest BCUT2D eigenvalue weighted by Crippen LogP contribution is 2.30. The highest BCUT2D eigenvalue weighted by Gasteiger charge is 2.17. The predicted molar refractivity (Wildman–Crippen MR) is 109 cm³/mol. The molecule has 0 saturated heterocycles. The number of rotatable bonds is 3. The molecule has 1 amide bonds. The first-order chi connectivity index (χ1) is 13.7. The van der Waals surface area contributed by atoms with Gasteiger partial charge in [-0.3, -0.25) is 20.1 Å². The van der Waals surface area contributed by atoms with Crippen LogP contribution in [-0.2, 0) is 0 Å². The Labute approximate surface area is 162 Å². The van der Waals surface area contributed by atoms with Gasteiger partial charge in [0.25, 0.3) is 11.5 Å². The van der Waals surface area contributed by atoms with Crippen LogP contribution in [0.4, 0.5) is 0 Å². The number of aromatic amines is 1. The molecule has 3 aromatic heterocycles. The minimum Gasteiger partial charge on any atom is -0.277 e. The molecule has 0 fully saturated rings. The quantitative estimate of drug-likeness (QED) is 0.496. The average Bonchev–Trinajstić information content (AvgIpc) is 3.35. The highest BCUT2D eigenvalue weighted by molar-refractivity contribution is 7.17. The van der Waals surface area contributed by atoms with Gasteiger partial charge in [-0.1, -0.05) is 48.5 Å². The van der Waals surface area contributed by atoms with E-state index < -0.39 is 5.91 Å². The summed E-state index contributed by atoms with van der Waals surface area (Å²) in [6.45, 7) is 0. The smallest absolute Gasteiger partial charge is 0.277 e. The second kappa shape index (κ2) is 6.43. The summed E-state index contributed by atoms with van der Waals surface area (Å²) in [5, 5.41) is 9.95. The van der Waals surface area contributed by atoms with Crippen molar-refractivity contribution in [3.63, 3.8) is 0 Å². The Balaban J connectivity index is 1.57. The Morgan fingerprint density at radius 3 is 2.71 bits per heavy atom. The molecule has 3 heterocycles. The summed E-state index contributed by atoms with van der Waals surface area (Å²) in [5.41, 5.74) is 4.95. The normalized spacial score (nSPS) is 11.1. The summed E-state index contributed by atoms with van der Waals surface area (Å²) in [6, 6.07) is 16.9. The van der Waals surface area contributed by atoms with Gasteiger partial charge in [0, 0.05) is 16.3 Å². The maximum Gasteiger partial charge on any atom is 0.291 e. The number of amides is 1. The van der Waals surface area contributed by atoms with Crippen molar-refractivity contribution >= 4 is 38.4 Å². The summed E-state index contributed by atoms with van der Waals surface area (Å²) in [6.07, 6.45) is 1.32. The minimum absolute atomic E-state index is 0.219. The lowest BCUT2D eigenvalue weighted by molar-refractivity contribution is 0.100. The molecule has 0 unspecified atom stereocenters. The maximum atomic E-state index is 13.0. The topological polar surface area (TPSA) is 92.7 Å². The second-order valence-corrected chi connectivity index (χ2v) is 7.03. The summed E-state index contributed by atoms with van der Waals surface area (Å²) in [5.74, 6) is -0.489. The number of H-pyrrole nitrogens is 1. The third kappa shape index (κ3) is 2.58. The third-order valence-corrected chi connectivity index (χ3v) is 5.37. The van der Waals surface area contributed by atoms with E-state index in [1.54, 1.807) is 6.07 Å². The fraction of sp³-hybridized carbons (Fsp3) is 0. The monoisotopic (exact) mass is 387 g/mol. The number of benzene rings is 2. The number of nitrogens with zero attached hydrogens (tertiary/aromatic N) is 3. The van der Waals surface area contributed by atoms with Gasteiger partial charge in [-0.2, -0.15) is 5.10 Å². The number of fused-ring (bicyclic) bond motifs is 2. The Morgan fingerprint density at radius 2 is 1.86 bits per heavy atom. The molecule has 5 aromatic rings. The molecule has 0 aliphatic heterocycles. The molecule has 0 aliphatic carbocycles. The first kappa shape index (κ1) is 16.4. The predicted octanol–water partition coefficient (Wildman–Crippen LogP) is 3.39. The number of para-hydroxylation sites is 1. The highest BCUT2D eigenvalue weighted by atomic mass is 32.1. The van der Waals surface area contributed by atoms with Gasteiger partial charge >= 0.3 is 0 Å². The van der Waals surface area contributed by atoms with E-state index in [1.807, 2.05) is 53.9 Å². The molecular weight excluding hydrogens is 374 g/mol. The number of carbonyl (C=O) groups excluding carboxylic acids is 1. The molecule has 0 bridgehead atoms. The minimum atomic E-state index is -0.489. The molecule has 7 nitrogen and oxygen atoms in total. The van der Waals surface area contributed by atoms with E-state index >= 15 is 0 Å². The van der Waals surface area contributed by atoms with E-state index in [-0.39, 0.29) is 11.3 Å². The van der Waals surface area contributed by atoms with Gasteiger partial charge in [0.2, 0.25) is 0 Å². The molecule has 136 valence electrons. The zero-order chi connectivity index (χ0) is 19.1. The first-order valence-corrected chi connectivity index (χ1v) is 9.39. The van der Waals surface area contributed by atoms with Gasteiger partial charge in [0.15, 0.2) is 5.69 Å². The molecular formula is C20H13N5O2S. The molecule has 2 aromatic carbocycles. The summed E-state index contributed by atoms with van der Waals surface area (Å²) >= 11 is 1.40. The Morgan fingerprint density at radius 1 is 1.07 bits per heavy atom. The van der Waals surface area contributed by atoms with Crippen LogP contribution in [0.1, 0.15) is 10.5 Å². The Hall–Kier alpha value is -3.78. The fourth-order valence-electron chi connectivity index (χ4n) is 3.14. The first-order valence-electron chi connectivity index (χ1n) is 8.51. The van der Waals surface area contributed by atoms with Gasteiger partial charge in [-0.25, -0.2) is 9.66 Å². The van der Waals surface area contributed by atoms with E-state index in [0.29, 0.717) is 15.6 Å². The van der Waals surface area contributed by atoms with Crippen molar-refractivity contribution < 1.29 is 4.79 Å². The van der Waals surface area contributed by atoms with Gasteiger partial charge < -0.3 is 0 Å². The molecule has 2 N–H and O–H groups in total. The van der Waals surface area contributed by atoms with Crippen molar-refractivity contribution in [1.29, 1.82) is 0 Å². The number of nitrogens with one attached hydrogen (secondary N) is 2. The van der Waals surface area contributed by atoms with Gasteiger partial charge in [-0.05, 0) is 11.6 Å². The van der Waals surface area contributed by atoms with Crippen molar-refractivity contribution in [2.75, 3.05) is 5.43 Å². The van der Waals surface area contributed by atoms with Crippen LogP contribution in [0.25, 0.3) is 32.2 Å². The van der Waals surface area contributed by atoms with Crippen molar-refractivity contribution in [3.8, 4) is 11.1 Å². The molecule has 0 radical (unpaired) electrons. The lowest BCUT2D eigenvalue weighted by Gasteiger charge is -2.07. The van der Waals surface area contributed by atoms with Gasteiger partial charge in [0.1, 0.15) is 11.2 Å². The standard InChI is InChI=1S/C20H13N5O2S/c26-18(17-13-8-4-5-9-15(13)22-23-17)24-25-11-21-19-16(20(25)27)14(10-28-19)12-6-2-1-3-7-12/h1-11H,(H,22,23)(H,24,26). The van der Waals surface area contributed by atoms with Crippen LogP contribution < -0.4 is 11.0 Å². The summed E-state index contributed by atoms with van der Waals surface area (Å²) < 4.78 is 1.10. The van der Waals surface area contributed by atoms with Crippen LogP contribution in [0, 0.1) is 0 Å². The Bertz CT molecular complexity index is 1380. The number of hydrogen-bond acceptors (Lipinski definition) is 5. The average molecular weight is 387 g/mol. The second-order valence-electron chi connectivity index (χ2n) is 6.17. The number of carbonyl (C=O) groups is 1. The lowest BCUT2D eigenvalue weighted by atomic mass is 10.1. The van der Waals surface area contributed by atoms with Gasteiger partial charge in [-0.15, -0.1) is 11.3 Å². The SMILES string of the molecule is O=C(Nn1cnc2scc(-c3ccccc3)c2c1=O)c1n[nH]c2ccccc12.